The highest BCUT2D eigenvalue weighted by Crippen LogP contribution is 2.16. The van der Waals surface area contributed by atoms with E-state index < -0.39 is 24.0 Å². The first-order valence-corrected chi connectivity index (χ1v) is 8.10. The summed E-state index contributed by atoms with van der Waals surface area (Å²) in [6.45, 7) is 1.56. The van der Waals surface area contributed by atoms with Gasteiger partial charge in [-0.3, -0.25) is 9.59 Å². The number of hydrogen-bond acceptors (Lipinski definition) is 5. The van der Waals surface area contributed by atoms with Gasteiger partial charge in [0.15, 0.2) is 0 Å². The number of carboxylic acid groups (broad SMARTS) is 1. The molecule has 0 spiro atoms. The monoisotopic (exact) mass is 350 g/mol. The smallest absolute Gasteiger partial charge is 0.275 e. The van der Waals surface area contributed by atoms with Crippen LogP contribution < -0.4 is 16.0 Å². The van der Waals surface area contributed by atoms with Crippen LogP contribution in [0.1, 0.15) is 23.0 Å². The summed E-state index contributed by atoms with van der Waals surface area (Å²) in [5.74, 6) is -1.98. The van der Waals surface area contributed by atoms with Crippen molar-refractivity contribution in [1.29, 1.82) is 0 Å². The molecule has 1 heterocycles. The molecule has 0 aliphatic heterocycles. The Bertz CT molecular complexity index is 1060. The van der Waals surface area contributed by atoms with Gasteiger partial charge in [0.1, 0.15) is 12.2 Å². The topological polar surface area (TPSA) is 104 Å². The second-order valence-electron chi connectivity index (χ2n) is 5.70. The van der Waals surface area contributed by atoms with Gasteiger partial charge in [-0.05, 0) is 24.1 Å². The van der Waals surface area contributed by atoms with Crippen molar-refractivity contribution in [3.63, 3.8) is 0 Å². The number of aryl methyl sites for hydroxylation is 1. The number of fused-ring (bicyclic) bond motifs is 1. The van der Waals surface area contributed by atoms with Gasteiger partial charge >= 0.3 is 0 Å². The highest BCUT2D eigenvalue weighted by atomic mass is 16.4. The molecule has 7 nitrogen and oxygen atoms in total. The predicted octanol–water partition coefficient (Wildman–Crippen LogP) is 0.961. The first kappa shape index (κ1) is 17.3. The third kappa shape index (κ3) is 3.32. The summed E-state index contributed by atoms with van der Waals surface area (Å²) in [5, 5.41) is 18.2. The molecular formula is C19H16N3O4-. The summed E-state index contributed by atoms with van der Waals surface area (Å²) in [5.41, 5.74) is 0.690. The zero-order valence-electron chi connectivity index (χ0n) is 14.1. The molecule has 0 saturated carbocycles. The van der Waals surface area contributed by atoms with Crippen molar-refractivity contribution in [3.8, 4) is 0 Å². The lowest BCUT2D eigenvalue weighted by molar-refractivity contribution is -0.255. The van der Waals surface area contributed by atoms with Crippen LogP contribution in [0.2, 0.25) is 0 Å². The van der Waals surface area contributed by atoms with E-state index in [2.05, 4.69) is 10.4 Å². The van der Waals surface area contributed by atoms with Crippen molar-refractivity contribution in [1.82, 2.24) is 9.78 Å². The standard InChI is InChI=1S/C19H17N3O4/c1-2-12-7-3-6-10-15(12)20-16(23)11-22-18(24)14-9-5-4-8-13(14)17(21-22)19(25)26/h3-10H,2,11H2,1H3,(H,20,23)(H,25,26)/p-1. The van der Waals surface area contributed by atoms with Crippen LogP contribution in [0.15, 0.2) is 53.3 Å². The number of anilines is 1. The Morgan fingerprint density at radius 2 is 1.73 bits per heavy atom. The Balaban J connectivity index is 1.96. The lowest BCUT2D eigenvalue weighted by atomic mass is 10.1. The lowest BCUT2D eigenvalue weighted by Crippen LogP contribution is -2.34. The summed E-state index contributed by atoms with van der Waals surface area (Å²) in [6.07, 6.45) is 0.736. The van der Waals surface area contributed by atoms with Gasteiger partial charge in [0.05, 0.1) is 11.4 Å². The van der Waals surface area contributed by atoms with Crippen molar-refractivity contribution in [3.05, 3.63) is 70.1 Å². The summed E-state index contributed by atoms with van der Waals surface area (Å²) in [6, 6.07) is 13.5. The van der Waals surface area contributed by atoms with Crippen molar-refractivity contribution >= 4 is 28.3 Å². The highest BCUT2D eigenvalue weighted by molar-refractivity contribution is 6.00. The highest BCUT2D eigenvalue weighted by Gasteiger charge is 2.14. The molecule has 2 aromatic carbocycles. The molecular weight excluding hydrogens is 334 g/mol. The Labute approximate surface area is 148 Å². The van der Waals surface area contributed by atoms with Crippen LogP contribution in [0.4, 0.5) is 5.69 Å². The lowest BCUT2D eigenvalue weighted by Gasteiger charge is -2.13. The number of carboxylic acids is 1. The Morgan fingerprint density at radius 1 is 1.08 bits per heavy atom. The molecule has 0 fully saturated rings. The van der Waals surface area contributed by atoms with Crippen LogP contribution in [0.5, 0.6) is 0 Å². The minimum atomic E-state index is -1.51. The summed E-state index contributed by atoms with van der Waals surface area (Å²) in [4.78, 5) is 36.2. The molecule has 3 aromatic rings. The molecule has 7 heteroatoms. The first-order chi connectivity index (χ1) is 12.5. The van der Waals surface area contributed by atoms with E-state index in [4.69, 9.17) is 0 Å². The third-order valence-corrected chi connectivity index (χ3v) is 4.03. The molecule has 0 saturated heterocycles. The number of nitrogens with zero attached hydrogens (tertiary/aromatic N) is 2. The molecule has 0 unspecified atom stereocenters. The number of carbonyl (C=O) groups is 2. The number of aromatic nitrogens is 2. The largest absolute Gasteiger partial charge is 0.543 e. The minimum Gasteiger partial charge on any atom is -0.543 e. The Hall–Kier alpha value is -3.48. The van der Waals surface area contributed by atoms with E-state index in [0.29, 0.717) is 5.69 Å². The number of hydrogen-bond donors (Lipinski definition) is 1. The van der Waals surface area contributed by atoms with Gasteiger partial charge in [0.25, 0.3) is 5.56 Å². The Morgan fingerprint density at radius 3 is 2.42 bits per heavy atom. The number of amides is 1. The normalized spacial score (nSPS) is 10.7. The van der Waals surface area contributed by atoms with Gasteiger partial charge in [-0.1, -0.05) is 43.3 Å². The molecule has 0 radical (unpaired) electrons. The molecule has 1 N–H and O–H groups in total. The molecule has 26 heavy (non-hydrogen) atoms. The van der Waals surface area contributed by atoms with Crippen molar-refractivity contribution < 1.29 is 14.7 Å². The van der Waals surface area contributed by atoms with Crippen LogP contribution in [0.25, 0.3) is 10.8 Å². The molecule has 1 aromatic heterocycles. The van der Waals surface area contributed by atoms with Crippen molar-refractivity contribution in [2.75, 3.05) is 5.32 Å². The minimum absolute atomic E-state index is 0.170. The quantitative estimate of drug-likeness (QED) is 0.738. The Kier molecular flexibility index (Phi) is 4.79. The molecule has 3 rings (SSSR count). The number of nitrogens with one attached hydrogen (secondary N) is 1. The van der Waals surface area contributed by atoms with Gasteiger partial charge in [0.2, 0.25) is 5.91 Å². The maximum Gasteiger partial charge on any atom is 0.275 e. The fourth-order valence-corrected chi connectivity index (χ4v) is 2.77. The van der Waals surface area contributed by atoms with E-state index in [9.17, 15) is 19.5 Å². The van der Waals surface area contributed by atoms with Gasteiger partial charge in [-0.25, -0.2) is 4.68 Å². The fourth-order valence-electron chi connectivity index (χ4n) is 2.77. The molecule has 0 bridgehead atoms. The average Bonchev–Trinajstić information content (AvgIpc) is 2.64. The summed E-state index contributed by atoms with van der Waals surface area (Å²) >= 11 is 0. The van der Waals surface area contributed by atoms with E-state index in [1.165, 1.54) is 12.1 Å². The maximum atomic E-state index is 12.5. The molecule has 0 atom stereocenters. The van der Waals surface area contributed by atoms with Crippen LogP contribution in [-0.4, -0.2) is 21.7 Å². The maximum absolute atomic E-state index is 12.5. The van der Waals surface area contributed by atoms with Crippen molar-refractivity contribution in [2.45, 2.75) is 19.9 Å². The summed E-state index contributed by atoms with van der Waals surface area (Å²) in [7, 11) is 0. The predicted molar refractivity (Wildman–Crippen MR) is 94.8 cm³/mol. The summed E-state index contributed by atoms with van der Waals surface area (Å²) < 4.78 is 0.845. The number of carbonyl (C=O) groups excluding carboxylic acids is 2. The number of para-hydroxylation sites is 1. The average molecular weight is 350 g/mol. The van der Waals surface area contributed by atoms with Crippen LogP contribution in [0.3, 0.4) is 0 Å². The second kappa shape index (κ2) is 7.18. The van der Waals surface area contributed by atoms with Gasteiger partial charge in [-0.15, -0.1) is 0 Å². The third-order valence-electron chi connectivity index (χ3n) is 4.03. The van der Waals surface area contributed by atoms with E-state index in [-0.39, 0.29) is 16.5 Å². The zero-order valence-corrected chi connectivity index (χ0v) is 14.1. The van der Waals surface area contributed by atoms with E-state index >= 15 is 0 Å². The van der Waals surface area contributed by atoms with Crippen LogP contribution in [-0.2, 0) is 17.8 Å². The number of benzene rings is 2. The number of rotatable bonds is 5. The van der Waals surface area contributed by atoms with Gasteiger partial charge < -0.3 is 15.2 Å². The molecule has 132 valence electrons. The van der Waals surface area contributed by atoms with E-state index in [1.54, 1.807) is 24.3 Å². The molecule has 0 aliphatic rings. The van der Waals surface area contributed by atoms with Crippen molar-refractivity contribution in [2.24, 2.45) is 0 Å². The SMILES string of the molecule is CCc1ccccc1NC(=O)Cn1nc(C(=O)[O-])c2ccccc2c1=O. The second-order valence-corrected chi connectivity index (χ2v) is 5.70. The van der Waals surface area contributed by atoms with Crippen LogP contribution >= 0.6 is 0 Å². The molecule has 1 amide bonds. The first-order valence-electron chi connectivity index (χ1n) is 8.10. The fraction of sp³-hybridized carbons (Fsp3) is 0.158. The van der Waals surface area contributed by atoms with E-state index in [0.717, 1.165) is 16.7 Å². The van der Waals surface area contributed by atoms with Gasteiger partial charge in [0, 0.05) is 11.1 Å². The zero-order chi connectivity index (χ0) is 18.7. The van der Waals surface area contributed by atoms with E-state index in [1.807, 2.05) is 19.1 Å². The van der Waals surface area contributed by atoms with Crippen LogP contribution in [0, 0.1) is 0 Å². The molecule has 0 aliphatic carbocycles. The number of aromatic carboxylic acids is 1. The van der Waals surface area contributed by atoms with Gasteiger partial charge in [-0.2, -0.15) is 5.10 Å².